The van der Waals surface area contributed by atoms with E-state index in [1.54, 1.807) is 11.3 Å². The Bertz CT molecular complexity index is 222. The first-order chi connectivity index (χ1) is 4.50. The number of anilines is 1. The summed E-state index contributed by atoms with van der Waals surface area (Å²) in [5, 5.41) is 0.657. The Morgan fingerprint density at radius 1 is 1.50 bits per heavy atom. The number of thiazole rings is 1. The molecule has 3 heteroatoms. The fourth-order valence-electron chi connectivity index (χ4n) is 0.634. The Kier molecular flexibility index (Phi) is 1.68. The van der Waals surface area contributed by atoms with Crippen LogP contribution in [0.25, 0.3) is 0 Å². The molecule has 1 heterocycles. The van der Waals surface area contributed by atoms with Gasteiger partial charge in [-0.15, -0.1) is 11.3 Å². The van der Waals surface area contributed by atoms with Gasteiger partial charge in [-0.1, -0.05) is 20.8 Å². The third-order valence-corrected chi connectivity index (χ3v) is 2.52. The third-order valence-electron chi connectivity index (χ3n) is 1.26. The lowest BCUT2D eigenvalue weighted by Gasteiger charge is -2.13. The van der Waals surface area contributed by atoms with E-state index in [9.17, 15) is 0 Å². The molecule has 0 amide bonds. The summed E-state index contributed by atoms with van der Waals surface area (Å²) in [6.07, 6.45) is 1.85. The topological polar surface area (TPSA) is 38.9 Å². The Morgan fingerprint density at radius 2 is 2.10 bits per heavy atom. The molecule has 1 aromatic heterocycles. The number of nitrogens with zero attached hydrogens (tertiary/aromatic N) is 1. The molecule has 0 fully saturated rings. The first-order valence-electron chi connectivity index (χ1n) is 3.22. The molecular weight excluding hydrogens is 144 g/mol. The van der Waals surface area contributed by atoms with E-state index in [1.165, 1.54) is 4.88 Å². The molecule has 0 spiro atoms. The van der Waals surface area contributed by atoms with Crippen molar-refractivity contribution in [3.8, 4) is 0 Å². The van der Waals surface area contributed by atoms with Gasteiger partial charge in [-0.05, 0) is 5.41 Å². The summed E-state index contributed by atoms with van der Waals surface area (Å²) in [4.78, 5) is 5.22. The van der Waals surface area contributed by atoms with Gasteiger partial charge in [-0.2, -0.15) is 0 Å². The first-order valence-corrected chi connectivity index (χ1v) is 4.03. The van der Waals surface area contributed by atoms with Crippen LogP contribution in [0.2, 0.25) is 0 Å². The first kappa shape index (κ1) is 7.54. The van der Waals surface area contributed by atoms with Crippen molar-refractivity contribution in [3.63, 3.8) is 0 Å². The van der Waals surface area contributed by atoms with Crippen molar-refractivity contribution in [1.29, 1.82) is 0 Å². The van der Waals surface area contributed by atoms with Crippen LogP contribution in [0.3, 0.4) is 0 Å². The van der Waals surface area contributed by atoms with Gasteiger partial charge in [-0.3, -0.25) is 0 Å². The summed E-state index contributed by atoms with van der Waals surface area (Å²) in [5.41, 5.74) is 5.67. The highest BCUT2D eigenvalue weighted by Gasteiger charge is 2.15. The van der Waals surface area contributed by atoms with Crippen molar-refractivity contribution in [3.05, 3.63) is 11.1 Å². The molecule has 2 nitrogen and oxygen atoms in total. The Hall–Kier alpha value is -0.570. The molecule has 56 valence electrons. The number of nitrogen functional groups attached to an aromatic ring is 1. The normalized spacial score (nSPS) is 11.9. The van der Waals surface area contributed by atoms with E-state index in [0.717, 1.165) is 0 Å². The molecule has 0 aliphatic rings. The second-order valence-electron chi connectivity index (χ2n) is 3.31. The van der Waals surface area contributed by atoms with Crippen LogP contribution in [0.5, 0.6) is 0 Å². The highest BCUT2D eigenvalue weighted by atomic mass is 32.1. The lowest BCUT2D eigenvalue weighted by Crippen LogP contribution is -2.07. The maximum Gasteiger partial charge on any atom is 0.180 e. The molecule has 10 heavy (non-hydrogen) atoms. The maximum absolute atomic E-state index is 5.48. The van der Waals surface area contributed by atoms with Crippen molar-refractivity contribution in [2.45, 2.75) is 26.2 Å². The van der Waals surface area contributed by atoms with Crippen LogP contribution in [0.15, 0.2) is 6.20 Å². The molecule has 0 atom stereocenters. The molecule has 0 radical (unpaired) electrons. The average Bonchev–Trinajstić information content (AvgIpc) is 2.11. The molecule has 0 aliphatic heterocycles. The van der Waals surface area contributed by atoms with Crippen LogP contribution in [-0.2, 0) is 5.41 Å². The number of hydrogen-bond donors (Lipinski definition) is 1. The Morgan fingerprint density at radius 3 is 2.30 bits per heavy atom. The van der Waals surface area contributed by atoms with Crippen LogP contribution in [0.1, 0.15) is 25.6 Å². The second kappa shape index (κ2) is 2.23. The van der Waals surface area contributed by atoms with Crippen molar-refractivity contribution in [2.75, 3.05) is 5.73 Å². The smallest absolute Gasteiger partial charge is 0.180 e. The van der Waals surface area contributed by atoms with Crippen molar-refractivity contribution < 1.29 is 0 Å². The van der Waals surface area contributed by atoms with Crippen molar-refractivity contribution >= 4 is 16.5 Å². The Balaban J connectivity index is 2.96. The number of nitrogens with two attached hydrogens (primary N) is 1. The zero-order valence-corrected chi connectivity index (χ0v) is 7.33. The summed E-state index contributed by atoms with van der Waals surface area (Å²) in [7, 11) is 0. The predicted molar refractivity (Wildman–Crippen MR) is 45.2 cm³/mol. The summed E-state index contributed by atoms with van der Waals surface area (Å²) >= 11 is 1.56. The van der Waals surface area contributed by atoms with Gasteiger partial charge in [-0.25, -0.2) is 4.98 Å². The molecule has 0 bridgehead atoms. The van der Waals surface area contributed by atoms with E-state index < -0.39 is 0 Å². The number of rotatable bonds is 0. The van der Waals surface area contributed by atoms with E-state index >= 15 is 0 Å². The van der Waals surface area contributed by atoms with Crippen LogP contribution >= 0.6 is 11.3 Å². The highest BCUT2D eigenvalue weighted by molar-refractivity contribution is 7.15. The molecule has 0 unspecified atom stereocenters. The second-order valence-corrected chi connectivity index (χ2v) is 4.37. The fourth-order valence-corrected chi connectivity index (χ4v) is 1.38. The average molecular weight is 156 g/mol. The lowest BCUT2D eigenvalue weighted by molar-refractivity contribution is 0.602. The van der Waals surface area contributed by atoms with Crippen molar-refractivity contribution in [1.82, 2.24) is 4.98 Å². The van der Waals surface area contributed by atoms with Crippen LogP contribution in [0.4, 0.5) is 5.13 Å². The standard InChI is InChI=1S/C7H12N2S/c1-7(2,3)5-4-9-6(8)10-5/h4H,1-3H3,(H2,8,9). The van der Waals surface area contributed by atoms with Gasteiger partial charge < -0.3 is 5.73 Å². The van der Waals surface area contributed by atoms with Gasteiger partial charge in [0.2, 0.25) is 0 Å². The van der Waals surface area contributed by atoms with Gasteiger partial charge in [0.05, 0.1) is 0 Å². The summed E-state index contributed by atoms with van der Waals surface area (Å²) in [6.45, 7) is 6.46. The molecule has 0 saturated carbocycles. The van der Waals surface area contributed by atoms with E-state index in [0.29, 0.717) is 5.13 Å². The highest BCUT2D eigenvalue weighted by Crippen LogP contribution is 2.28. The number of aromatic nitrogens is 1. The van der Waals surface area contributed by atoms with Gasteiger partial charge in [0.15, 0.2) is 5.13 Å². The van der Waals surface area contributed by atoms with Crippen LogP contribution in [0, 0.1) is 0 Å². The SMILES string of the molecule is CC(C)(C)c1cnc(N)s1. The van der Waals surface area contributed by atoms with Crippen LogP contribution in [-0.4, -0.2) is 4.98 Å². The minimum atomic E-state index is 0.190. The zero-order chi connectivity index (χ0) is 7.78. The minimum Gasteiger partial charge on any atom is -0.375 e. The lowest BCUT2D eigenvalue weighted by atomic mass is 9.96. The quantitative estimate of drug-likeness (QED) is 0.624. The third kappa shape index (κ3) is 1.48. The number of hydrogen-bond acceptors (Lipinski definition) is 3. The summed E-state index contributed by atoms with van der Waals surface area (Å²) < 4.78 is 0. The molecule has 2 N–H and O–H groups in total. The summed E-state index contributed by atoms with van der Waals surface area (Å²) in [5.74, 6) is 0. The maximum atomic E-state index is 5.48. The molecule has 0 saturated heterocycles. The molecule has 0 aliphatic carbocycles. The summed E-state index contributed by atoms with van der Waals surface area (Å²) in [6, 6.07) is 0. The largest absolute Gasteiger partial charge is 0.375 e. The van der Waals surface area contributed by atoms with E-state index in [4.69, 9.17) is 5.73 Å². The van der Waals surface area contributed by atoms with Gasteiger partial charge in [0, 0.05) is 11.1 Å². The Labute approximate surface area is 65.1 Å². The van der Waals surface area contributed by atoms with Crippen LogP contribution < -0.4 is 5.73 Å². The van der Waals surface area contributed by atoms with Crippen molar-refractivity contribution in [2.24, 2.45) is 0 Å². The molecule has 1 aromatic rings. The molecule has 1 rings (SSSR count). The van der Waals surface area contributed by atoms with Gasteiger partial charge in [0.1, 0.15) is 0 Å². The van der Waals surface area contributed by atoms with E-state index in [1.807, 2.05) is 6.20 Å². The fraction of sp³-hybridized carbons (Fsp3) is 0.571. The predicted octanol–water partition coefficient (Wildman–Crippen LogP) is 2.02. The zero-order valence-electron chi connectivity index (χ0n) is 6.51. The van der Waals surface area contributed by atoms with Gasteiger partial charge in [0.25, 0.3) is 0 Å². The monoisotopic (exact) mass is 156 g/mol. The van der Waals surface area contributed by atoms with Gasteiger partial charge >= 0.3 is 0 Å². The van der Waals surface area contributed by atoms with E-state index in [-0.39, 0.29) is 5.41 Å². The van der Waals surface area contributed by atoms with E-state index in [2.05, 4.69) is 25.8 Å². The molecule has 0 aromatic carbocycles. The minimum absolute atomic E-state index is 0.190. The molecular formula is C7H12N2S.